The fourth-order valence-corrected chi connectivity index (χ4v) is 5.80. The second-order valence-corrected chi connectivity index (χ2v) is 11.0. The zero-order valence-electron chi connectivity index (χ0n) is 26.8. The summed E-state index contributed by atoms with van der Waals surface area (Å²) in [5.74, 6) is -0.615. The molecule has 46 heavy (non-hydrogen) atoms. The van der Waals surface area contributed by atoms with Crippen molar-refractivity contribution in [3.8, 4) is 23.0 Å². The molecule has 246 valence electrons. The number of methoxy groups -OCH3 is 3. The second-order valence-electron chi connectivity index (χ2n) is 11.0. The van der Waals surface area contributed by atoms with Crippen LogP contribution in [0, 0.1) is 0 Å². The minimum Gasteiger partial charge on any atom is -0.493 e. The zero-order chi connectivity index (χ0) is 33.1. The highest BCUT2D eigenvalue weighted by molar-refractivity contribution is 5.89. The van der Waals surface area contributed by atoms with Crippen LogP contribution >= 0.6 is 0 Å². The molecule has 0 radical (unpaired) electrons. The summed E-state index contributed by atoms with van der Waals surface area (Å²) in [4.78, 5) is 45.0. The molecule has 4 rings (SSSR count). The van der Waals surface area contributed by atoms with E-state index >= 15 is 0 Å². The number of carboxylic acids is 1. The highest BCUT2D eigenvalue weighted by Gasteiger charge is 2.38. The van der Waals surface area contributed by atoms with Crippen LogP contribution < -0.4 is 18.9 Å². The number of carboxylic acid groups (broad SMARTS) is 1. The van der Waals surface area contributed by atoms with Gasteiger partial charge in [-0.25, -0.2) is 9.59 Å². The van der Waals surface area contributed by atoms with Crippen molar-refractivity contribution in [1.29, 1.82) is 0 Å². The molecule has 1 aliphatic rings. The number of nitrogens with zero attached hydrogens (tertiary/aromatic N) is 2. The Kier molecular flexibility index (Phi) is 12.2. The number of hydrogen-bond donors (Lipinski definition) is 1. The Hall–Kier alpha value is -4.80. The molecular weight excluding hydrogens is 592 g/mol. The van der Waals surface area contributed by atoms with Crippen LogP contribution in [0.3, 0.4) is 0 Å². The Morgan fingerprint density at radius 1 is 0.978 bits per heavy atom. The molecule has 11 heteroatoms. The molecule has 11 nitrogen and oxygen atoms in total. The van der Waals surface area contributed by atoms with Gasteiger partial charge < -0.3 is 33.7 Å². The molecule has 3 aromatic rings. The number of aromatic nitrogens is 1. The Morgan fingerprint density at radius 2 is 1.74 bits per heavy atom. The standard InChI is InChI=1S/C35H42N2O9/c1-5-27(25-19-30(42-2)33(44-4)31(20-25)43-3)34(40)37-17-7-6-13-28(37)35(41)46-29(15-14-23-10-9-16-36-21-23)24-11-8-12-26(18-24)45-22-32(38)39/h8-12,16,18-21,27-29H,5-7,13-15,17,22H2,1-4H3,(H,38,39)/t27-,28-,29?/m0/s1. The van der Waals surface area contributed by atoms with Gasteiger partial charge in [-0.15, -0.1) is 0 Å². The first-order valence-electron chi connectivity index (χ1n) is 15.4. The van der Waals surface area contributed by atoms with Gasteiger partial charge in [0.2, 0.25) is 11.7 Å². The summed E-state index contributed by atoms with van der Waals surface area (Å²) in [6, 6.07) is 13.5. The Labute approximate surface area is 269 Å². The summed E-state index contributed by atoms with van der Waals surface area (Å²) in [6.07, 6.45) is 6.35. The van der Waals surface area contributed by atoms with Gasteiger partial charge in [0, 0.05) is 18.9 Å². The quantitative estimate of drug-likeness (QED) is 0.218. The van der Waals surface area contributed by atoms with Crippen molar-refractivity contribution in [3.05, 3.63) is 77.6 Å². The number of pyridine rings is 1. The summed E-state index contributed by atoms with van der Waals surface area (Å²) in [7, 11) is 4.58. The topological polar surface area (TPSA) is 134 Å². The summed E-state index contributed by atoms with van der Waals surface area (Å²) in [5, 5.41) is 9.05. The maximum atomic E-state index is 14.2. The number of carbonyl (C=O) groups excluding carboxylic acids is 2. The predicted octanol–water partition coefficient (Wildman–Crippen LogP) is 5.36. The van der Waals surface area contributed by atoms with Gasteiger partial charge in [-0.2, -0.15) is 0 Å². The highest BCUT2D eigenvalue weighted by Crippen LogP contribution is 2.41. The van der Waals surface area contributed by atoms with E-state index in [2.05, 4.69) is 4.98 Å². The molecule has 0 aliphatic carbocycles. The van der Waals surface area contributed by atoms with Gasteiger partial charge in [0.05, 0.1) is 27.2 Å². The van der Waals surface area contributed by atoms with E-state index in [1.165, 1.54) is 21.3 Å². The molecule has 3 atom stereocenters. The Balaban J connectivity index is 1.59. The minimum absolute atomic E-state index is 0.172. The van der Waals surface area contributed by atoms with E-state index in [4.69, 9.17) is 28.8 Å². The van der Waals surface area contributed by atoms with E-state index in [0.717, 1.165) is 18.4 Å². The molecule has 2 aromatic carbocycles. The number of piperidine rings is 1. The number of likely N-dealkylation sites (tertiary alicyclic amines) is 1. The van der Waals surface area contributed by atoms with Crippen LogP contribution in [0.2, 0.25) is 0 Å². The summed E-state index contributed by atoms with van der Waals surface area (Å²) < 4.78 is 28.1. The smallest absolute Gasteiger partial charge is 0.341 e. The fourth-order valence-electron chi connectivity index (χ4n) is 5.80. The van der Waals surface area contributed by atoms with E-state index in [-0.39, 0.29) is 5.91 Å². The maximum Gasteiger partial charge on any atom is 0.341 e. The normalized spacial score (nSPS) is 15.7. The molecule has 1 aromatic heterocycles. The van der Waals surface area contributed by atoms with Gasteiger partial charge in [-0.05, 0) is 85.5 Å². The largest absolute Gasteiger partial charge is 0.493 e. The molecule has 0 spiro atoms. The first-order valence-corrected chi connectivity index (χ1v) is 15.4. The third kappa shape index (κ3) is 8.47. The van der Waals surface area contributed by atoms with Crippen molar-refractivity contribution in [3.63, 3.8) is 0 Å². The minimum atomic E-state index is -1.09. The van der Waals surface area contributed by atoms with Crippen LogP contribution in [0.15, 0.2) is 60.9 Å². The second kappa shape index (κ2) is 16.5. The average molecular weight is 635 g/mol. The van der Waals surface area contributed by atoms with Gasteiger partial charge in [-0.1, -0.05) is 25.1 Å². The number of ether oxygens (including phenoxy) is 5. The molecular formula is C35H42N2O9. The third-order valence-electron chi connectivity index (χ3n) is 8.12. The Bertz CT molecular complexity index is 1450. The van der Waals surface area contributed by atoms with Crippen LogP contribution in [0.1, 0.15) is 67.7 Å². The molecule has 1 amide bonds. The Morgan fingerprint density at radius 3 is 2.37 bits per heavy atom. The van der Waals surface area contributed by atoms with E-state index in [1.807, 2.05) is 25.1 Å². The monoisotopic (exact) mass is 634 g/mol. The summed E-state index contributed by atoms with van der Waals surface area (Å²) >= 11 is 0. The molecule has 2 heterocycles. The van der Waals surface area contributed by atoms with E-state index < -0.39 is 36.6 Å². The number of aliphatic carboxylic acids is 1. The number of esters is 1. The van der Waals surface area contributed by atoms with Crippen molar-refractivity contribution in [1.82, 2.24) is 9.88 Å². The first-order chi connectivity index (χ1) is 22.3. The first kappa shape index (κ1) is 34.1. The maximum absolute atomic E-state index is 14.2. The van der Waals surface area contributed by atoms with Crippen LogP contribution in [-0.4, -0.2) is 73.4 Å². The van der Waals surface area contributed by atoms with Crippen molar-refractivity contribution in [2.75, 3.05) is 34.5 Å². The molecule has 1 aliphatic heterocycles. The van der Waals surface area contributed by atoms with E-state index in [9.17, 15) is 14.4 Å². The van der Waals surface area contributed by atoms with Crippen molar-refractivity contribution < 1.29 is 43.2 Å². The predicted molar refractivity (Wildman–Crippen MR) is 169 cm³/mol. The van der Waals surface area contributed by atoms with Crippen molar-refractivity contribution in [2.45, 2.75) is 63.5 Å². The van der Waals surface area contributed by atoms with Gasteiger partial charge in [0.15, 0.2) is 18.1 Å². The van der Waals surface area contributed by atoms with Crippen LogP contribution in [0.5, 0.6) is 23.0 Å². The lowest BCUT2D eigenvalue weighted by Crippen LogP contribution is -2.50. The lowest BCUT2D eigenvalue weighted by atomic mass is 9.91. The van der Waals surface area contributed by atoms with Crippen molar-refractivity contribution in [2.24, 2.45) is 0 Å². The van der Waals surface area contributed by atoms with Crippen LogP contribution in [0.25, 0.3) is 0 Å². The lowest BCUT2D eigenvalue weighted by Gasteiger charge is -2.37. The van der Waals surface area contributed by atoms with Crippen LogP contribution in [-0.2, 0) is 25.5 Å². The SMILES string of the molecule is CC[C@H](C(=O)N1CCCC[C@H]1C(=O)OC(CCc1cccnc1)c1cccc(OCC(=O)O)c1)c1cc(OC)c(OC)c(OC)c1. The highest BCUT2D eigenvalue weighted by atomic mass is 16.5. The molecule has 1 fully saturated rings. The number of amides is 1. The van der Waals surface area contributed by atoms with Crippen LogP contribution in [0.4, 0.5) is 0 Å². The molecule has 0 bridgehead atoms. The molecule has 1 N–H and O–H groups in total. The number of benzene rings is 2. The van der Waals surface area contributed by atoms with Gasteiger partial charge >= 0.3 is 11.9 Å². The molecule has 0 saturated carbocycles. The van der Waals surface area contributed by atoms with Gasteiger partial charge in [-0.3, -0.25) is 9.78 Å². The number of rotatable bonds is 15. The summed E-state index contributed by atoms with van der Waals surface area (Å²) in [5.41, 5.74) is 2.34. The number of aryl methyl sites for hydroxylation is 1. The van der Waals surface area contributed by atoms with Gasteiger partial charge in [0.1, 0.15) is 17.9 Å². The zero-order valence-corrected chi connectivity index (χ0v) is 26.8. The third-order valence-corrected chi connectivity index (χ3v) is 8.12. The lowest BCUT2D eigenvalue weighted by molar-refractivity contribution is -0.162. The molecule has 1 unspecified atom stereocenters. The summed E-state index contributed by atoms with van der Waals surface area (Å²) in [6.45, 7) is 1.86. The van der Waals surface area contributed by atoms with Crippen molar-refractivity contribution >= 4 is 17.8 Å². The molecule has 1 saturated heterocycles. The number of carbonyl (C=O) groups is 3. The fraction of sp³-hybridized carbons (Fsp3) is 0.429. The van der Waals surface area contributed by atoms with E-state index in [1.54, 1.807) is 47.6 Å². The number of hydrogen-bond acceptors (Lipinski definition) is 9. The van der Waals surface area contributed by atoms with Gasteiger partial charge in [0.25, 0.3) is 0 Å². The van der Waals surface area contributed by atoms with E-state index in [0.29, 0.717) is 66.4 Å². The average Bonchev–Trinajstić information content (AvgIpc) is 3.09.